The highest BCUT2D eigenvalue weighted by atomic mass is 19.1. The van der Waals surface area contributed by atoms with Gasteiger partial charge in [0.2, 0.25) is 11.2 Å². The summed E-state index contributed by atoms with van der Waals surface area (Å²) >= 11 is 0. The van der Waals surface area contributed by atoms with Crippen LogP contribution in [0.15, 0.2) is 54.5 Å². The number of ketones is 2. The number of aryl methyl sites for hydroxylation is 1. The lowest BCUT2D eigenvalue weighted by Gasteiger charge is -2.62. The summed E-state index contributed by atoms with van der Waals surface area (Å²) in [7, 11) is 1.42. The molecule has 342 valence electrons. The summed E-state index contributed by atoms with van der Waals surface area (Å²) < 4.78 is 58.0. The third-order valence-corrected chi connectivity index (χ3v) is 16.9. The van der Waals surface area contributed by atoms with Crippen LogP contribution in [0.5, 0.6) is 5.75 Å². The molecule has 4 heterocycles. The van der Waals surface area contributed by atoms with Crippen LogP contribution < -0.4 is 20.9 Å². The van der Waals surface area contributed by atoms with Gasteiger partial charge in [0.25, 0.3) is 0 Å². The average Bonchev–Trinajstić information content (AvgIpc) is 3.87. The van der Waals surface area contributed by atoms with Crippen molar-refractivity contribution in [1.82, 2.24) is 9.47 Å². The maximum Gasteiger partial charge on any atom is 0.519 e. The van der Waals surface area contributed by atoms with Gasteiger partial charge in [-0.3, -0.25) is 19.3 Å². The minimum Gasteiger partial charge on any atom is -0.492 e. The van der Waals surface area contributed by atoms with Gasteiger partial charge in [-0.25, -0.2) is 18.4 Å². The van der Waals surface area contributed by atoms with E-state index in [-0.39, 0.29) is 53.4 Å². The van der Waals surface area contributed by atoms with Crippen molar-refractivity contribution in [2.75, 3.05) is 38.3 Å². The Morgan fingerprint density at radius 3 is 2.53 bits per heavy atom. The molecule has 1 aromatic carbocycles. The van der Waals surface area contributed by atoms with Crippen LogP contribution in [0.1, 0.15) is 100 Å². The molecule has 0 amide bonds. The van der Waals surface area contributed by atoms with Crippen molar-refractivity contribution in [3.63, 3.8) is 0 Å². The first-order valence-corrected chi connectivity index (χ1v) is 22.6. The van der Waals surface area contributed by atoms with Crippen LogP contribution in [0.25, 0.3) is 10.9 Å². The zero-order valence-corrected chi connectivity index (χ0v) is 36.8. The number of aliphatic hydroxyl groups excluding tert-OH is 1. The molecular weight excluding hydrogens is 833 g/mol. The van der Waals surface area contributed by atoms with Crippen LogP contribution in [0.4, 0.5) is 14.5 Å². The second-order valence-electron chi connectivity index (χ2n) is 20.1. The summed E-state index contributed by atoms with van der Waals surface area (Å²) in [5.41, 5.74) is -6.86. The molecule has 3 aromatic rings. The van der Waals surface area contributed by atoms with E-state index < -0.39 is 86.9 Å². The number of esters is 1. The molecule has 5 aliphatic carbocycles. The van der Waals surface area contributed by atoms with Crippen molar-refractivity contribution in [2.24, 2.45) is 34.5 Å². The number of rotatable bonds is 9. The Hall–Kier alpha value is -4.93. The smallest absolute Gasteiger partial charge is 0.492 e. The Labute approximate surface area is 367 Å². The monoisotopic (exact) mass is 887 g/mol. The first kappa shape index (κ1) is 43.0. The first-order valence-electron chi connectivity index (χ1n) is 22.6. The van der Waals surface area contributed by atoms with Crippen molar-refractivity contribution in [3.8, 4) is 5.75 Å². The van der Waals surface area contributed by atoms with E-state index in [9.17, 15) is 34.2 Å². The summed E-state index contributed by atoms with van der Waals surface area (Å²) in [6.07, 6.45) is 8.20. The number of hydrogen-bond donors (Lipinski definition) is 2. The lowest BCUT2D eigenvalue weighted by molar-refractivity contribution is -0.219. The Morgan fingerprint density at radius 1 is 1.06 bits per heavy atom. The number of carbonyl (C=O) groups excluding carboxylic acids is 3. The molecule has 16 heteroatoms. The summed E-state index contributed by atoms with van der Waals surface area (Å²) in [4.78, 5) is 70.7. The minimum absolute atomic E-state index is 0.0150. The predicted molar refractivity (Wildman–Crippen MR) is 227 cm³/mol. The molecule has 7 aliphatic rings. The number of allylic oxidation sites excluding steroid dienone is 4. The van der Waals surface area contributed by atoms with Gasteiger partial charge >= 0.3 is 11.8 Å². The third-order valence-electron chi connectivity index (χ3n) is 16.9. The Kier molecular flexibility index (Phi) is 9.94. The normalized spacial score (nSPS) is 35.7. The number of likely N-dealkylation sites (tertiary alicyclic amines) is 1. The van der Waals surface area contributed by atoms with Gasteiger partial charge in [0.05, 0.1) is 30.7 Å². The van der Waals surface area contributed by atoms with Crippen molar-refractivity contribution in [1.29, 1.82) is 0 Å². The number of aromatic nitrogens is 1. The predicted octanol–water partition coefficient (Wildman–Crippen LogP) is 5.51. The number of benzene rings is 1. The van der Waals surface area contributed by atoms with Crippen LogP contribution in [0.3, 0.4) is 0 Å². The average molecular weight is 888 g/mol. The highest BCUT2D eigenvalue weighted by molar-refractivity contribution is 6.01. The van der Waals surface area contributed by atoms with Crippen LogP contribution in [-0.4, -0.2) is 94.0 Å². The largest absolute Gasteiger partial charge is 0.519 e. The molecule has 2 saturated heterocycles. The highest BCUT2D eigenvalue weighted by Crippen LogP contribution is 2.70. The van der Waals surface area contributed by atoms with E-state index in [0.717, 1.165) is 38.3 Å². The molecule has 2 aliphatic heterocycles. The number of halogens is 2. The van der Waals surface area contributed by atoms with Gasteiger partial charge in [0.15, 0.2) is 35.4 Å². The number of alkyl halides is 1. The number of pyridine rings is 1. The Bertz CT molecular complexity index is 2680. The van der Waals surface area contributed by atoms with Crippen LogP contribution >= 0.6 is 0 Å². The minimum atomic E-state index is -2.16. The van der Waals surface area contributed by atoms with E-state index >= 15 is 8.78 Å². The first-order chi connectivity index (χ1) is 30.3. The van der Waals surface area contributed by atoms with Gasteiger partial charge in [-0.2, -0.15) is 0 Å². The molecular formula is C48H55F2N3O11. The van der Waals surface area contributed by atoms with E-state index in [4.69, 9.17) is 18.3 Å². The Morgan fingerprint density at radius 2 is 1.83 bits per heavy atom. The molecule has 10 rings (SSSR count). The number of hydrogen-bond acceptors (Lipinski definition) is 13. The van der Waals surface area contributed by atoms with Gasteiger partial charge in [0.1, 0.15) is 22.6 Å². The molecule has 2 unspecified atom stereocenters. The second-order valence-corrected chi connectivity index (χ2v) is 20.1. The number of carbonyl (C=O) groups is 3. The molecule has 14 nitrogen and oxygen atoms in total. The molecule has 0 radical (unpaired) electrons. The zero-order valence-electron chi connectivity index (χ0n) is 36.8. The van der Waals surface area contributed by atoms with Gasteiger partial charge in [-0.05, 0) is 108 Å². The molecule has 2 N–H and O–H groups in total. The molecule has 0 spiro atoms. The number of nitrogens with zero attached hydrogens (tertiary/aromatic N) is 3. The number of methoxy groups -OCH3 is 1. The van der Waals surface area contributed by atoms with Crippen LogP contribution in [0.2, 0.25) is 0 Å². The van der Waals surface area contributed by atoms with Gasteiger partial charge in [0, 0.05) is 48.1 Å². The van der Waals surface area contributed by atoms with Crippen molar-refractivity contribution >= 4 is 34.1 Å². The van der Waals surface area contributed by atoms with Gasteiger partial charge in [-0.1, -0.05) is 25.5 Å². The molecule has 0 bridgehead atoms. The van der Waals surface area contributed by atoms with Gasteiger partial charge in [-0.15, -0.1) is 0 Å². The lowest BCUT2D eigenvalue weighted by atomic mass is 9.44. The van der Waals surface area contributed by atoms with E-state index in [0.29, 0.717) is 55.1 Å². The quantitative estimate of drug-likeness (QED) is 0.257. The van der Waals surface area contributed by atoms with Crippen molar-refractivity contribution in [2.45, 2.75) is 115 Å². The molecule has 10 atom stereocenters. The highest BCUT2D eigenvalue weighted by Gasteiger charge is 2.75. The topological polar surface area (TPSA) is 182 Å². The number of aliphatic hydroxyl groups is 2. The summed E-state index contributed by atoms with van der Waals surface area (Å²) in [6.45, 7) is 7.99. The molecule has 6 fully saturated rings. The second kappa shape index (κ2) is 14.8. The van der Waals surface area contributed by atoms with E-state index in [1.165, 1.54) is 25.5 Å². The summed E-state index contributed by atoms with van der Waals surface area (Å²) in [5.74, 6) is -4.37. The maximum absolute atomic E-state index is 17.7. The zero-order chi connectivity index (χ0) is 45.4. The Balaban J connectivity index is 0.913. The van der Waals surface area contributed by atoms with E-state index in [1.54, 1.807) is 38.3 Å². The molecule has 4 saturated carbocycles. The van der Waals surface area contributed by atoms with E-state index in [2.05, 4.69) is 4.90 Å². The van der Waals surface area contributed by atoms with E-state index in [1.807, 2.05) is 4.90 Å². The number of Topliss-reactive ketones (excluding diaryl/α,β-unsaturated/α-hetero) is 1. The summed E-state index contributed by atoms with van der Waals surface area (Å²) in [5, 5.41) is 24.1. The molecule has 2 aromatic heterocycles. The SMILES string of the molecule is COc1c(N2CC3CCCN(Cc4oc(=O)oc4C)C3C2)c(F)cc2c(=O)c(C(=O)OCC(=O)[C@]3(O)[C@@H](C)C[C@@H]4[C@H]5CCC6=CC(=O)C=C[C@@]6(C)[C@]5(F)[C@H](O)C[C@]43C)cn(C3CC3)c12. The number of ether oxygens (including phenoxy) is 2. The third kappa shape index (κ3) is 5.99. The fourth-order valence-corrected chi connectivity index (χ4v) is 13.5. The van der Waals surface area contributed by atoms with Crippen LogP contribution in [0, 0.1) is 47.2 Å². The number of anilines is 1. The standard InChI is InChI=1S/C48H55F2N3O11/c1-24-15-33-32-11-8-27-16-29(54)12-13-45(27,3)47(32,50)37(55)18-46(33,4)48(24,60)38(56)23-62-43(58)31-20-53(28-9-10-28)39-30(41(31)57)17-34(49)40(42(39)61-5)52-19-26-7-6-14-51(35(26)21-52)22-36-25(2)63-44(59)64-36/h12-13,16-17,20,24,26,28,32-33,35,37,55,60H,6-11,14-15,18-19,21-23H2,1-5H3/t24-,26?,32+,33+,35?,37+,45+,46+,47+,48+/m0/s1. The van der Waals surface area contributed by atoms with Crippen molar-refractivity contribution in [3.05, 3.63) is 79.8 Å². The maximum atomic E-state index is 17.7. The fraction of sp³-hybridized carbons (Fsp3) is 0.604. The van der Waals surface area contributed by atoms with Crippen LogP contribution in [-0.2, 0) is 20.9 Å². The summed E-state index contributed by atoms with van der Waals surface area (Å²) in [6, 6.07) is 1.03. The lowest BCUT2D eigenvalue weighted by Crippen LogP contribution is -2.69. The molecule has 64 heavy (non-hydrogen) atoms. The fourth-order valence-electron chi connectivity index (χ4n) is 13.5. The number of piperidine rings is 1. The number of fused-ring (bicyclic) bond motifs is 7. The van der Waals surface area contributed by atoms with Crippen molar-refractivity contribution < 1.29 is 51.7 Å². The van der Waals surface area contributed by atoms with Gasteiger partial charge < -0.3 is 38.0 Å².